The summed E-state index contributed by atoms with van der Waals surface area (Å²) in [5, 5.41) is 4.78. The van der Waals surface area contributed by atoms with Gasteiger partial charge in [-0.05, 0) is 57.6 Å². The van der Waals surface area contributed by atoms with E-state index in [2.05, 4.69) is 48.1 Å². The number of pyridine rings is 1. The van der Waals surface area contributed by atoms with Gasteiger partial charge in [0.1, 0.15) is 5.75 Å². The second kappa shape index (κ2) is 8.73. The summed E-state index contributed by atoms with van der Waals surface area (Å²) in [6.07, 6.45) is 4.23. The predicted octanol–water partition coefficient (Wildman–Crippen LogP) is 4.17. The van der Waals surface area contributed by atoms with E-state index in [1.165, 1.54) is 13.0 Å². The Morgan fingerprint density at radius 2 is 2.00 bits per heavy atom. The summed E-state index contributed by atoms with van der Waals surface area (Å²) in [6, 6.07) is 8.53. The standard InChI is InChI=1S/C19H29N3O/c1-5-22(6-2)13-7-8-15(3)21-18-11-12-20-19-14-16(23-4)9-10-17(18)19/h9-12,14-15H,5-8,13H2,1-4H3,(H,20,21)/t15-/m0/s1. The molecule has 0 fully saturated rings. The number of nitrogens with zero attached hydrogens (tertiary/aromatic N) is 2. The van der Waals surface area contributed by atoms with Crippen LogP contribution in [0.4, 0.5) is 5.69 Å². The Hall–Kier alpha value is -1.81. The first-order chi connectivity index (χ1) is 11.2. The maximum atomic E-state index is 5.27. The van der Waals surface area contributed by atoms with Gasteiger partial charge in [-0.3, -0.25) is 4.98 Å². The van der Waals surface area contributed by atoms with E-state index in [1.54, 1.807) is 7.11 Å². The summed E-state index contributed by atoms with van der Waals surface area (Å²) in [4.78, 5) is 6.91. The maximum absolute atomic E-state index is 5.27. The van der Waals surface area contributed by atoms with Crippen LogP contribution < -0.4 is 10.1 Å². The molecular formula is C19H29N3O. The van der Waals surface area contributed by atoms with Gasteiger partial charge in [-0.15, -0.1) is 0 Å². The molecule has 0 amide bonds. The van der Waals surface area contributed by atoms with Crippen molar-refractivity contribution in [1.29, 1.82) is 0 Å². The molecule has 0 aliphatic heterocycles. The van der Waals surface area contributed by atoms with Crippen molar-refractivity contribution < 1.29 is 4.74 Å². The summed E-state index contributed by atoms with van der Waals surface area (Å²) in [5.74, 6) is 0.842. The van der Waals surface area contributed by atoms with E-state index in [-0.39, 0.29) is 0 Å². The number of benzene rings is 1. The van der Waals surface area contributed by atoms with Gasteiger partial charge in [-0.2, -0.15) is 0 Å². The highest BCUT2D eigenvalue weighted by Gasteiger charge is 2.08. The fraction of sp³-hybridized carbons (Fsp3) is 0.526. The Morgan fingerprint density at radius 1 is 1.22 bits per heavy atom. The molecule has 126 valence electrons. The largest absolute Gasteiger partial charge is 0.497 e. The highest BCUT2D eigenvalue weighted by molar-refractivity contribution is 5.91. The van der Waals surface area contributed by atoms with E-state index in [1.807, 2.05) is 18.3 Å². The fourth-order valence-electron chi connectivity index (χ4n) is 2.88. The van der Waals surface area contributed by atoms with Crippen LogP contribution >= 0.6 is 0 Å². The number of methoxy groups -OCH3 is 1. The first-order valence-electron chi connectivity index (χ1n) is 8.59. The van der Waals surface area contributed by atoms with Crippen LogP contribution in [0.25, 0.3) is 10.9 Å². The molecule has 0 saturated heterocycles. The predicted molar refractivity (Wildman–Crippen MR) is 98.4 cm³/mol. The molecule has 1 heterocycles. The zero-order valence-electron chi connectivity index (χ0n) is 14.8. The van der Waals surface area contributed by atoms with Gasteiger partial charge >= 0.3 is 0 Å². The molecule has 0 aliphatic rings. The van der Waals surface area contributed by atoms with E-state index in [4.69, 9.17) is 4.74 Å². The monoisotopic (exact) mass is 315 g/mol. The highest BCUT2D eigenvalue weighted by atomic mass is 16.5. The van der Waals surface area contributed by atoms with E-state index < -0.39 is 0 Å². The first kappa shape index (κ1) is 17.5. The number of anilines is 1. The quantitative estimate of drug-likeness (QED) is 0.754. The maximum Gasteiger partial charge on any atom is 0.121 e. The van der Waals surface area contributed by atoms with Crippen LogP contribution in [0.5, 0.6) is 5.75 Å². The normalized spacial score (nSPS) is 12.6. The van der Waals surface area contributed by atoms with Crippen molar-refractivity contribution in [2.75, 3.05) is 32.1 Å². The van der Waals surface area contributed by atoms with E-state index in [0.717, 1.165) is 41.9 Å². The molecule has 4 nitrogen and oxygen atoms in total. The third-order valence-corrected chi connectivity index (χ3v) is 4.36. The molecule has 0 aliphatic carbocycles. The number of nitrogens with one attached hydrogen (secondary N) is 1. The fourth-order valence-corrected chi connectivity index (χ4v) is 2.88. The molecular weight excluding hydrogens is 286 g/mol. The molecule has 0 saturated carbocycles. The van der Waals surface area contributed by atoms with Crippen LogP contribution in [-0.2, 0) is 0 Å². The lowest BCUT2D eigenvalue weighted by Gasteiger charge is -2.20. The number of rotatable bonds is 9. The lowest BCUT2D eigenvalue weighted by Crippen LogP contribution is -2.25. The summed E-state index contributed by atoms with van der Waals surface area (Å²) in [6.45, 7) is 10.1. The van der Waals surface area contributed by atoms with Gasteiger partial charge in [-0.25, -0.2) is 0 Å². The third-order valence-electron chi connectivity index (χ3n) is 4.36. The zero-order chi connectivity index (χ0) is 16.7. The zero-order valence-corrected chi connectivity index (χ0v) is 14.8. The second-order valence-corrected chi connectivity index (χ2v) is 5.96. The van der Waals surface area contributed by atoms with Gasteiger partial charge in [0.2, 0.25) is 0 Å². The Bertz CT molecular complexity index is 611. The van der Waals surface area contributed by atoms with Crippen LogP contribution in [0.1, 0.15) is 33.6 Å². The van der Waals surface area contributed by atoms with Crippen LogP contribution in [-0.4, -0.2) is 42.7 Å². The van der Waals surface area contributed by atoms with Gasteiger partial charge in [0.15, 0.2) is 0 Å². The molecule has 1 aromatic heterocycles. The van der Waals surface area contributed by atoms with Crippen LogP contribution in [0.3, 0.4) is 0 Å². The molecule has 0 spiro atoms. The van der Waals surface area contributed by atoms with Crippen molar-refractivity contribution in [3.63, 3.8) is 0 Å². The molecule has 1 atom stereocenters. The Kier molecular flexibility index (Phi) is 6.66. The first-order valence-corrected chi connectivity index (χ1v) is 8.59. The summed E-state index contributed by atoms with van der Waals surface area (Å²) in [5.41, 5.74) is 2.11. The lowest BCUT2D eigenvalue weighted by molar-refractivity contribution is 0.295. The highest BCUT2D eigenvalue weighted by Crippen LogP contribution is 2.26. The number of aromatic nitrogens is 1. The Labute approximate surface area is 139 Å². The van der Waals surface area contributed by atoms with Crippen molar-refractivity contribution in [2.45, 2.75) is 39.7 Å². The molecule has 0 radical (unpaired) electrons. The molecule has 0 bridgehead atoms. The molecule has 2 rings (SSSR count). The van der Waals surface area contributed by atoms with Crippen molar-refractivity contribution in [3.8, 4) is 5.75 Å². The minimum Gasteiger partial charge on any atom is -0.497 e. The van der Waals surface area contributed by atoms with Crippen molar-refractivity contribution >= 4 is 16.6 Å². The minimum atomic E-state index is 0.443. The van der Waals surface area contributed by atoms with Crippen LogP contribution in [0.15, 0.2) is 30.5 Å². The molecule has 4 heteroatoms. The third kappa shape index (κ3) is 4.83. The number of ether oxygens (including phenoxy) is 1. The number of hydrogen-bond acceptors (Lipinski definition) is 4. The summed E-state index contributed by atoms with van der Waals surface area (Å²) >= 11 is 0. The average molecular weight is 315 g/mol. The second-order valence-electron chi connectivity index (χ2n) is 5.96. The van der Waals surface area contributed by atoms with Crippen LogP contribution in [0.2, 0.25) is 0 Å². The topological polar surface area (TPSA) is 37.4 Å². The molecule has 23 heavy (non-hydrogen) atoms. The minimum absolute atomic E-state index is 0.443. The van der Waals surface area contributed by atoms with E-state index >= 15 is 0 Å². The molecule has 2 aromatic rings. The summed E-state index contributed by atoms with van der Waals surface area (Å²) in [7, 11) is 1.68. The number of fused-ring (bicyclic) bond motifs is 1. The summed E-state index contributed by atoms with van der Waals surface area (Å²) < 4.78 is 5.27. The Morgan fingerprint density at radius 3 is 2.70 bits per heavy atom. The molecule has 1 aromatic carbocycles. The molecule has 1 N–H and O–H groups in total. The SMILES string of the molecule is CCN(CC)CCC[C@H](C)Nc1ccnc2cc(OC)ccc12. The van der Waals surface area contributed by atoms with Crippen molar-refractivity contribution in [1.82, 2.24) is 9.88 Å². The average Bonchev–Trinajstić information content (AvgIpc) is 2.58. The Balaban J connectivity index is 1.98. The lowest BCUT2D eigenvalue weighted by atomic mass is 10.1. The van der Waals surface area contributed by atoms with E-state index in [9.17, 15) is 0 Å². The van der Waals surface area contributed by atoms with Crippen molar-refractivity contribution in [2.24, 2.45) is 0 Å². The van der Waals surface area contributed by atoms with Gasteiger partial charge in [0.05, 0.1) is 12.6 Å². The van der Waals surface area contributed by atoms with Gasteiger partial charge in [0.25, 0.3) is 0 Å². The van der Waals surface area contributed by atoms with Crippen LogP contribution in [0, 0.1) is 0 Å². The van der Waals surface area contributed by atoms with Gasteiger partial charge < -0.3 is 15.0 Å². The smallest absolute Gasteiger partial charge is 0.121 e. The van der Waals surface area contributed by atoms with Gasteiger partial charge in [0, 0.05) is 29.4 Å². The van der Waals surface area contributed by atoms with E-state index in [0.29, 0.717) is 6.04 Å². The molecule has 0 unspecified atom stereocenters. The van der Waals surface area contributed by atoms with Gasteiger partial charge in [-0.1, -0.05) is 13.8 Å². The van der Waals surface area contributed by atoms with Crippen molar-refractivity contribution in [3.05, 3.63) is 30.5 Å². The number of hydrogen-bond donors (Lipinski definition) is 1.